The van der Waals surface area contributed by atoms with E-state index in [1.54, 1.807) is 18.2 Å². The van der Waals surface area contributed by atoms with Crippen molar-refractivity contribution in [3.63, 3.8) is 0 Å². The van der Waals surface area contributed by atoms with Gasteiger partial charge in [-0.1, -0.05) is 17.7 Å². The first-order valence-corrected chi connectivity index (χ1v) is 12.9. The highest BCUT2D eigenvalue weighted by Gasteiger charge is 2.33. The second-order valence-electron chi connectivity index (χ2n) is 9.46. The third kappa shape index (κ3) is 5.78. The summed E-state index contributed by atoms with van der Waals surface area (Å²) in [6, 6.07) is 10.3. The van der Waals surface area contributed by atoms with E-state index in [-0.39, 0.29) is 40.3 Å². The fourth-order valence-electron chi connectivity index (χ4n) is 4.62. The number of methoxy groups -OCH3 is 1. The molecule has 0 bridgehead atoms. The summed E-state index contributed by atoms with van der Waals surface area (Å²) in [6.07, 6.45) is -3.59. The van der Waals surface area contributed by atoms with Crippen molar-refractivity contribution in [1.29, 1.82) is 0 Å². The molecule has 0 saturated carbocycles. The van der Waals surface area contributed by atoms with Crippen molar-refractivity contribution >= 4 is 34.2 Å². The third-order valence-corrected chi connectivity index (χ3v) is 7.02. The van der Waals surface area contributed by atoms with Gasteiger partial charge in [-0.25, -0.2) is 14.2 Å². The summed E-state index contributed by atoms with van der Waals surface area (Å²) >= 11 is 6.03. The molecule has 2 heterocycles. The van der Waals surface area contributed by atoms with Gasteiger partial charge in [-0.15, -0.1) is 0 Å². The second-order valence-corrected chi connectivity index (χ2v) is 9.90. The Balaban J connectivity index is 1.63. The number of alkyl halides is 3. The van der Waals surface area contributed by atoms with Crippen molar-refractivity contribution in [1.82, 2.24) is 24.3 Å². The van der Waals surface area contributed by atoms with E-state index in [1.807, 2.05) is 0 Å². The van der Waals surface area contributed by atoms with E-state index in [9.17, 15) is 22.8 Å². The number of benzene rings is 3. The van der Waals surface area contributed by atoms with Gasteiger partial charge in [0, 0.05) is 30.4 Å². The Morgan fingerprint density at radius 2 is 1.93 bits per heavy atom. The van der Waals surface area contributed by atoms with Crippen LogP contribution in [0.1, 0.15) is 11.4 Å². The Kier molecular flexibility index (Phi) is 7.88. The molecular formula is C28H23ClF4N6O4. The predicted molar refractivity (Wildman–Crippen MR) is 150 cm³/mol. The molecule has 15 heteroatoms. The lowest BCUT2D eigenvalue weighted by Crippen LogP contribution is -2.34. The van der Waals surface area contributed by atoms with E-state index in [2.05, 4.69) is 15.2 Å². The van der Waals surface area contributed by atoms with Crippen LogP contribution in [-0.2, 0) is 31.2 Å². The molecule has 224 valence electrons. The predicted octanol–water partition coefficient (Wildman–Crippen LogP) is 5.19. The maximum absolute atomic E-state index is 15.4. The van der Waals surface area contributed by atoms with Gasteiger partial charge in [0.15, 0.2) is 23.1 Å². The van der Waals surface area contributed by atoms with E-state index in [0.717, 1.165) is 27.3 Å². The van der Waals surface area contributed by atoms with Gasteiger partial charge < -0.3 is 14.4 Å². The number of fused-ring (bicyclic) bond motifs is 1. The number of nitrogens with one attached hydrogen (secondary N) is 1. The molecule has 2 aromatic heterocycles. The zero-order valence-electron chi connectivity index (χ0n) is 22.9. The average molecular weight is 619 g/mol. The van der Waals surface area contributed by atoms with Gasteiger partial charge in [-0.3, -0.25) is 19.0 Å². The monoisotopic (exact) mass is 618 g/mol. The third-order valence-electron chi connectivity index (χ3n) is 6.78. The Morgan fingerprint density at radius 3 is 2.58 bits per heavy atom. The van der Waals surface area contributed by atoms with Crippen LogP contribution >= 0.6 is 11.6 Å². The van der Waals surface area contributed by atoms with Gasteiger partial charge in [0.2, 0.25) is 5.91 Å². The number of hydrogen-bond acceptors (Lipinski definition) is 6. The largest absolute Gasteiger partial charge is 0.493 e. The minimum atomic E-state index is -4.83. The summed E-state index contributed by atoms with van der Waals surface area (Å²) in [4.78, 5) is 31.7. The fourth-order valence-corrected chi connectivity index (χ4v) is 4.80. The van der Waals surface area contributed by atoms with Gasteiger partial charge >= 0.3 is 11.9 Å². The molecule has 0 radical (unpaired) electrons. The van der Waals surface area contributed by atoms with Crippen LogP contribution in [0.25, 0.3) is 22.2 Å². The molecule has 0 aliphatic heterocycles. The van der Waals surface area contributed by atoms with Crippen molar-refractivity contribution < 1.29 is 31.8 Å². The van der Waals surface area contributed by atoms with Crippen molar-refractivity contribution in [3.05, 3.63) is 87.6 Å². The maximum atomic E-state index is 15.4. The first-order chi connectivity index (χ1) is 20.4. The van der Waals surface area contributed by atoms with Crippen molar-refractivity contribution in [3.8, 4) is 22.6 Å². The van der Waals surface area contributed by atoms with E-state index < -0.39 is 35.7 Å². The molecule has 0 saturated heterocycles. The highest BCUT2D eigenvalue weighted by molar-refractivity contribution is 6.30. The van der Waals surface area contributed by atoms with Gasteiger partial charge in [-0.05, 0) is 48.0 Å². The van der Waals surface area contributed by atoms with Crippen LogP contribution in [0.3, 0.4) is 0 Å². The number of imidazole rings is 1. The molecule has 0 unspecified atom stereocenters. The summed E-state index contributed by atoms with van der Waals surface area (Å²) in [5.74, 6) is -1.62. The normalized spacial score (nSPS) is 11.6. The smallest absolute Gasteiger partial charge is 0.416 e. The van der Waals surface area contributed by atoms with Gasteiger partial charge in [0.05, 0.1) is 23.7 Å². The molecule has 5 rings (SSSR count). The lowest BCUT2D eigenvalue weighted by molar-refractivity contribution is -0.137. The first-order valence-electron chi connectivity index (χ1n) is 12.6. The van der Waals surface area contributed by atoms with Crippen LogP contribution < -0.4 is 20.1 Å². The SMILES string of the molecule is COc1cc(-c2cc(C(F)(F)F)cc3c2n(C)c(=O)n3CC(=O)N(C)c2cccc(Cl)c2)cc(F)c1OCc1ncn[nH]1. The van der Waals surface area contributed by atoms with E-state index >= 15 is 4.39 Å². The molecule has 1 N–H and O–H groups in total. The van der Waals surface area contributed by atoms with Crippen molar-refractivity contribution in [2.75, 3.05) is 19.1 Å². The summed E-state index contributed by atoms with van der Waals surface area (Å²) in [5, 5.41) is 6.62. The Hall–Kier alpha value is -4.85. The Labute approximate surface area is 246 Å². The standard InChI is InChI=1S/C28H23ClF4N6O4/c1-37(18-6-4-5-17(29)11-18)24(40)12-39-21-10-16(28(31,32)33)9-19(25(21)38(2)27(39)41)15-7-20(30)26(22(8-15)42-3)43-13-23-34-14-35-36-23/h4-11,14H,12-13H2,1-3H3,(H,34,35,36). The zero-order valence-corrected chi connectivity index (χ0v) is 23.6. The molecule has 0 spiro atoms. The van der Waals surface area contributed by atoms with Crippen LogP contribution in [0.4, 0.5) is 23.2 Å². The molecule has 0 atom stereocenters. The second kappa shape index (κ2) is 11.4. The number of aryl methyl sites for hydroxylation is 1. The molecule has 10 nitrogen and oxygen atoms in total. The number of H-pyrrole nitrogens is 1. The number of carbonyl (C=O) groups excluding carboxylic acids is 1. The summed E-state index contributed by atoms with van der Waals surface area (Å²) in [5.41, 5.74) is -1.68. The van der Waals surface area contributed by atoms with Crippen molar-refractivity contribution in [2.24, 2.45) is 7.05 Å². The topological polar surface area (TPSA) is 107 Å². The lowest BCUT2D eigenvalue weighted by atomic mass is 9.99. The number of likely N-dealkylation sites (N-methyl/N-ethyl adjacent to an activating group) is 1. The molecule has 3 aromatic carbocycles. The molecule has 43 heavy (non-hydrogen) atoms. The number of amides is 1. The zero-order chi connectivity index (χ0) is 31.1. The molecule has 5 aromatic rings. The van der Waals surface area contributed by atoms with Gasteiger partial charge in [0.1, 0.15) is 19.5 Å². The summed E-state index contributed by atoms with van der Waals surface area (Å²) in [6.45, 7) is -0.762. The number of hydrogen-bond donors (Lipinski definition) is 1. The van der Waals surface area contributed by atoms with E-state index in [4.69, 9.17) is 21.1 Å². The number of nitrogens with zero attached hydrogens (tertiary/aromatic N) is 5. The first kappa shape index (κ1) is 29.6. The van der Waals surface area contributed by atoms with Crippen LogP contribution in [-0.4, -0.2) is 44.4 Å². The molecule has 0 aliphatic rings. The van der Waals surface area contributed by atoms with Crippen molar-refractivity contribution in [2.45, 2.75) is 19.3 Å². The highest BCUT2D eigenvalue weighted by Crippen LogP contribution is 2.41. The lowest BCUT2D eigenvalue weighted by Gasteiger charge is -2.18. The van der Waals surface area contributed by atoms with Gasteiger partial charge in [-0.2, -0.15) is 18.3 Å². The van der Waals surface area contributed by atoms with E-state index in [0.29, 0.717) is 16.5 Å². The maximum Gasteiger partial charge on any atom is 0.416 e. The molecule has 0 fully saturated rings. The summed E-state index contributed by atoms with van der Waals surface area (Å²) < 4.78 is 70.5. The molecule has 1 amide bonds. The number of rotatable bonds is 8. The minimum Gasteiger partial charge on any atom is -0.493 e. The number of ether oxygens (including phenoxy) is 2. The number of carbonyl (C=O) groups is 1. The highest BCUT2D eigenvalue weighted by atomic mass is 35.5. The van der Waals surface area contributed by atoms with E-state index in [1.165, 1.54) is 44.6 Å². The number of aromatic nitrogens is 5. The quantitative estimate of drug-likeness (QED) is 0.240. The van der Waals surface area contributed by atoms with Gasteiger partial charge in [0.25, 0.3) is 0 Å². The summed E-state index contributed by atoms with van der Waals surface area (Å²) in [7, 11) is 4.05. The van der Waals surface area contributed by atoms with Crippen LogP contribution in [0.5, 0.6) is 11.5 Å². The fraction of sp³-hybridized carbons (Fsp3) is 0.214. The number of aromatic amines is 1. The molecule has 0 aliphatic carbocycles. The average Bonchev–Trinajstić information content (AvgIpc) is 3.57. The molecular weight excluding hydrogens is 596 g/mol. The number of anilines is 1. The minimum absolute atomic E-state index is 0.0208. The van der Waals surface area contributed by atoms with Crippen LogP contribution in [0.15, 0.2) is 59.7 Å². The Morgan fingerprint density at radius 1 is 1.16 bits per heavy atom. The van der Waals surface area contributed by atoms with Crippen LogP contribution in [0.2, 0.25) is 5.02 Å². The Bertz CT molecular complexity index is 1890. The van der Waals surface area contributed by atoms with Crippen LogP contribution in [0, 0.1) is 5.82 Å². The number of halogens is 5.